The van der Waals surface area contributed by atoms with Crippen molar-refractivity contribution < 1.29 is 23.2 Å². The Hall–Kier alpha value is -4.32. The quantitative estimate of drug-likeness (QED) is 0.172. The van der Waals surface area contributed by atoms with Gasteiger partial charge in [-0.25, -0.2) is 4.98 Å². The number of anilines is 2. The largest absolute Gasteiger partial charge is 0.496 e. The van der Waals surface area contributed by atoms with E-state index in [1.807, 2.05) is 34.9 Å². The molecule has 2 aliphatic rings. The Morgan fingerprint density at radius 1 is 0.958 bits per heavy atom. The summed E-state index contributed by atoms with van der Waals surface area (Å²) in [6, 6.07) is 9.39. The summed E-state index contributed by atoms with van der Waals surface area (Å²) in [5, 5.41) is 4.48. The van der Waals surface area contributed by atoms with Crippen LogP contribution in [0.15, 0.2) is 61.6 Å². The number of carbonyl (C=O) groups excluding carboxylic acids is 1. The van der Waals surface area contributed by atoms with Gasteiger partial charge in [0.05, 0.1) is 54.0 Å². The minimum Gasteiger partial charge on any atom is -0.496 e. The van der Waals surface area contributed by atoms with Gasteiger partial charge in [0.1, 0.15) is 22.9 Å². The summed E-state index contributed by atoms with van der Waals surface area (Å²) in [5.74, 6) is 2.61. The Kier molecular flexibility index (Phi) is 8.47. The molecule has 48 heavy (non-hydrogen) atoms. The first-order chi connectivity index (χ1) is 23.2. The van der Waals surface area contributed by atoms with Crippen molar-refractivity contribution in [3.8, 4) is 39.6 Å². The molecule has 0 bridgehead atoms. The van der Waals surface area contributed by atoms with Crippen molar-refractivity contribution in [1.29, 1.82) is 0 Å². The van der Waals surface area contributed by atoms with Crippen LogP contribution in [0.5, 0.6) is 17.2 Å². The summed E-state index contributed by atoms with van der Waals surface area (Å²) < 4.78 is 30.9. The predicted molar refractivity (Wildman–Crippen MR) is 192 cm³/mol. The standard InChI is InChI=1S/C35H33Cl2N5O5S/c1-5-30(43)40-24-13-21(27(45-2)15-26(24)41-18-35(19-41)6-10-48(44)11-7-35)23-14-25-20(17-39-23)12-22(34-38-8-9-42(25)34)31-32(36)28(46-3)16-29(47-4)33(31)37/h5,8-9,12-17H,1,6-7,10-11,18-19H2,2-4H3,(H,40,43). The number of hydrogen-bond donors (Lipinski definition) is 1. The molecule has 7 rings (SSSR count). The lowest BCUT2D eigenvalue weighted by Gasteiger charge is -2.53. The monoisotopic (exact) mass is 705 g/mol. The van der Waals surface area contributed by atoms with E-state index in [0.717, 1.165) is 54.0 Å². The highest BCUT2D eigenvalue weighted by Crippen LogP contribution is 2.49. The average Bonchev–Trinajstić information content (AvgIpc) is 3.58. The van der Waals surface area contributed by atoms with E-state index in [9.17, 15) is 9.00 Å². The lowest BCUT2D eigenvalue weighted by Crippen LogP contribution is -2.59. The van der Waals surface area contributed by atoms with Crippen molar-refractivity contribution in [3.63, 3.8) is 0 Å². The molecule has 2 fully saturated rings. The van der Waals surface area contributed by atoms with Crippen molar-refractivity contribution in [2.24, 2.45) is 5.41 Å². The van der Waals surface area contributed by atoms with Crippen LogP contribution in [-0.2, 0) is 15.6 Å². The Balaban J connectivity index is 1.33. The van der Waals surface area contributed by atoms with Gasteiger partial charge in [0.15, 0.2) is 0 Å². The van der Waals surface area contributed by atoms with Crippen molar-refractivity contribution >= 4 is 67.8 Å². The summed E-state index contributed by atoms with van der Waals surface area (Å²) in [4.78, 5) is 24.3. The van der Waals surface area contributed by atoms with Crippen LogP contribution in [0.2, 0.25) is 10.0 Å². The van der Waals surface area contributed by atoms with Crippen LogP contribution in [-0.4, -0.2) is 70.4 Å². The Morgan fingerprint density at radius 3 is 2.29 bits per heavy atom. The molecule has 1 spiro atoms. The molecule has 1 amide bonds. The molecule has 5 heterocycles. The van der Waals surface area contributed by atoms with E-state index in [-0.39, 0.29) is 11.3 Å². The number of ether oxygens (including phenoxy) is 3. The zero-order chi connectivity index (χ0) is 33.7. The number of hydrogen-bond acceptors (Lipinski definition) is 8. The number of benzene rings is 2. The topological polar surface area (TPSA) is 107 Å². The lowest BCUT2D eigenvalue weighted by molar-refractivity contribution is -0.111. The summed E-state index contributed by atoms with van der Waals surface area (Å²) in [5.41, 5.74) is 5.65. The highest BCUT2D eigenvalue weighted by atomic mass is 35.5. The van der Waals surface area contributed by atoms with E-state index in [1.54, 1.807) is 25.6 Å². The number of imidazole rings is 1. The molecular formula is C35H33Cl2N5O5S. The molecule has 248 valence electrons. The third-order valence-corrected chi connectivity index (χ3v) is 11.4. The first-order valence-electron chi connectivity index (χ1n) is 15.3. The van der Waals surface area contributed by atoms with E-state index in [4.69, 9.17) is 42.4 Å². The van der Waals surface area contributed by atoms with Gasteiger partial charge in [-0.1, -0.05) is 29.8 Å². The molecule has 2 aliphatic heterocycles. The lowest BCUT2D eigenvalue weighted by atomic mass is 9.74. The molecule has 5 aromatic rings. The molecule has 0 unspecified atom stereocenters. The first kappa shape index (κ1) is 32.2. The van der Waals surface area contributed by atoms with E-state index < -0.39 is 10.8 Å². The van der Waals surface area contributed by atoms with Crippen LogP contribution in [0.3, 0.4) is 0 Å². The van der Waals surface area contributed by atoms with Crippen molar-refractivity contribution in [2.45, 2.75) is 12.8 Å². The van der Waals surface area contributed by atoms with Crippen LogP contribution in [0.4, 0.5) is 11.4 Å². The minimum absolute atomic E-state index is 0.152. The van der Waals surface area contributed by atoms with E-state index in [2.05, 4.69) is 21.8 Å². The number of methoxy groups -OCH3 is 3. The molecular weight excluding hydrogens is 673 g/mol. The second-order valence-corrected chi connectivity index (χ2v) is 14.5. The van der Waals surface area contributed by atoms with Crippen LogP contribution >= 0.6 is 23.2 Å². The van der Waals surface area contributed by atoms with Gasteiger partial charge in [0, 0.05) is 93.6 Å². The minimum atomic E-state index is -0.727. The Labute approximate surface area is 290 Å². The number of halogens is 2. The molecule has 3 aromatic heterocycles. The van der Waals surface area contributed by atoms with E-state index >= 15 is 0 Å². The number of nitrogens with zero attached hydrogens (tertiary/aromatic N) is 4. The number of pyridine rings is 2. The van der Waals surface area contributed by atoms with Crippen molar-refractivity contribution in [1.82, 2.24) is 14.4 Å². The van der Waals surface area contributed by atoms with Gasteiger partial charge in [-0.05, 0) is 37.1 Å². The summed E-state index contributed by atoms with van der Waals surface area (Å²) in [6.07, 6.45) is 8.47. The maximum absolute atomic E-state index is 12.6. The summed E-state index contributed by atoms with van der Waals surface area (Å²) in [6.45, 7) is 5.29. The van der Waals surface area contributed by atoms with Crippen LogP contribution in [0, 0.1) is 5.41 Å². The molecule has 1 N–H and O–H groups in total. The number of nitrogens with one attached hydrogen (secondary N) is 1. The predicted octanol–water partition coefficient (Wildman–Crippen LogP) is 7.02. The molecule has 0 saturated carbocycles. The number of rotatable bonds is 8. The molecule has 0 radical (unpaired) electrons. The molecule has 2 aromatic carbocycles. The fourth-order valence-electron chi connectivity index (χ4n) is 6.77. The van der Waals surface area contributed by atoms with E-state index in [0.29, 0.717) is 61.0 Å². The molecule has 2 saturated heterocycles. The van der Waals surface area contributed by atoms with Crippen molar-refractivity contribution in [3.05, 3.63) is 71.6 Å². The smallest absolute Gasteiger partial charge is 0.247 e. The second kappa shape index (κ2) is 12.6. The second-order valence-electron chi connectivity index (χ2n) is 12.1. The molecule has 0 atom stereocenters. The maximum Gasteiger partial charge on any atom is 0.247 e. The maximum atomic E-state index is 12.6. The number of aromatic nitrogens is 3. The highest BCUT2D eigenvalue weighted by Gasteiger charge is 2.45. The van der Waals surface area contributed by atoms with Gasteiger partial charge in [-0.3, -0.25) is 18.4 Å². The van der Waals surface area contributed by atoms with Gasteiger partial charge in [-0.2, -0.15) is 0 Å². The van der Waals surface area contributed by atoms with Gasteiger partial charge < -0.3 is 24.4 Å². The number of carbonyl (C=O) groups is 1. The number of fused-ring (bicyclic) bond motifs is 3. The molecule has 0 aliphatic carbocycles. The van der Waals surface area contributed by atoms with Gasteiger partial charge in [-0.15, -0.1) is 0 Å². The highest BCUT2D eigenvalue weighted by molar-refractivity contribution is 7.85. The van der Waals surface area contributed by atoms with Gasteiger partial charge in [0.25, 0.3) is 0 Å². The normalized spacial score (nSPS) is 15.8. The Bertz CT molecular complexity index is 2110. The Morgan fingerprint density at radius 2 is 1.65 bits per heavy atom. The van der Waals surface area contributed by atoms with Crippen molar-refractivity contribution in [2.75, 3.05) is 56.1 Å². The van der Waals surface area contributed by atoms with Crippen LogP contribution < -0.4 is 24.4 Å². The molecule has 10 nitrogen and oxygen atoms in total. The van der Waals surface area contributed by atoms with Crippen LogP contribution in [0.1, 0.15) is 12.8 Å². The SMILES string of the molecule is C=CC(=O)Nc1cc(-c2cc3c(cn2)cc(-c2c(Cl)c(OC)cc(OC)c2Cl)c2nccn23)c(OC)cc1N1CC2(CCS(=O)CC2)C1. The van der Waals surface area contributed by atoms with Crippen LogP contribution in [0.25, 0.3) is 38.9 Å². The first-order valence-corrected chi connectivity index (χ1v) is 17.6. The van der Waals surface area contributed by atoms with E-state index in [1.165, 1.54) is 20.3 Å². The number of amides is 1. The third kappa shape index (κ3) is 5.43. The summed E-state index contributed by atoms with van der Waals surface area (Å²) >= 11 is 13.6. The summed E-state index contributed by atoms with van der Waals surface area (Å²) in [7, 11) is 3.96. The van der Waals surface area contributed by atoms with Gasteiger partial charge >= 0.3 is 0 Å². The fraction of sp³-hybridized carbons (Fsp3) is 0.286. The fourth-order valence-corrected chi connectivity index (χ4v) is 9.00. The average molecular weight is 707 g/mol. The zero-order valence-corrected chi connectivity index (χ0v) is 29.0. The van der Waals surface area contributed by atoms with Gasteiger partial charge in [0.2, 0.25) is 5.91 Å². The third-order valence-electron chi connectivity index (χ3n) is 9.35. The zero-order valence-electron chi connectivity index (χ0n) is 26.6. The molecule has 13 heteroatoms.